The molecule has 0 aliphatic carbocycles. The van der Waals surface area contributed by atoms with Gasteiger partial charge in [0.25, 0.3) is 0 Å². The van der Waals surface area contributed by atoms with Crippen molar-refractivity contribution in [3.8, 4) is 17.2 Å². The number of esters is 2. The number of rotatable bonds is 10. The van der Waals surface area contributed by atoms with Gasteiger partial charge in [0.2, 0.25) is 0 Å². The molecule has 0 atom stereocenters. The highest BCUT2D eigenvalue weighted by Gasteiger charge is 2.26. The second-order valence-corrected chi connectivity index (χ2v) is 8.52. The minimum atomic E-state index is -0.584. The maximum Gasteiger partial charge on any atom is 0.347 e. The molecule has 37 heavy (non-hydrogen) atoms. The third-order valence-corrected chi connectivity index (χ3v) is 6.15. The molecule has 3 rings (SSSR count). The summed E-state index contributed by atoms with van der Waals surface area (Å²) in [6, 6.07) is 13.2. The van der Waals surface area contributed by atoms with E-state index in [2.05, 4.69) is 6.58 Å². The van der Waals surface area contributed by atoms with Gasteiger partial charge in [0.1, 0.15) is 29.4 Å². The summed E-state index contributed by atoms with van der Waals surface area (Å²) in [7, 11) is 2.93. The molecule has 0 saturated heterocycles. The lowest BCUT2D eigenvalue weighted by Crippen LogP contribution is -2.17. The number of hydrogen-bond acceptors (Lipinski definition) is 7. The molecule has 0 fully saturated rings. The molecule has 0 spiro atoms. The van der Waals surface area contributed by atoms with E-state index in [4.69, 9.17) is 23.7 Å². The van der Waals surface area contributed by atoms with E-state index < -0.39 is 11.9 Å². The molecule has 0 radical (unpaired) electrons. The Morgan fingerprint density at radius 2 is 1.59 bits per heavy atom. The van der Waals surface area contributed by atoms with E-state index >= 15 is 0 Å². The maximum absolute atomic E-state index is 13.4. The summed E-state index contributed by atoms with van der Waals surface area (Å²) in [4.78, 5) is 26.1. The van der Waals surface area contributed by atoms with Gasteiger partial charge in [0, 0.05) is 18.7 Å². The van der Waals surface area contributed by atoms with Crippen LogP contribution < -0.4 is 14.2 Å². The van der Waals surface area contributed by atoms with Gasteiger partial charge in [-0.05, 0) is 61.6 Å². The lowest BCUT2D eigenvalue weighted by atomic mass is 9.92. The molecule has 3 aromatic carbocycles. The topological polar surface area (TPSA) is 80.3 Å². The first-order chi connectivity index (χ1) is 17.7. The van der Waals surface area contributed by atoms with Crippen LogP contribution in [0.25, 0.3) is 6.08 Å². The van der Waals surface area contributed by atoms with Crippen LogP contribution in [0.15, 0.2) is 49.0 Å². The van der Waals surface area contributed by atoms with Gasteiger partial charge < -0.3 is 23.7 Å². The van der Waals surface area contributed by atoms with Crippen LogP contribution in [0.5, 0.6) is 17.2 Å². The molecule has 0 aromatic heterocycles. The molecule has 3 aromatic rings. The standard InChI is InChI=1S/C30H32O7/c1-8-24-21(5)28(20(4)19(3)27(24)29(31)36-17-33-6)37-30(32)26-18(2)14-23(15-25(26)34-7)35-16-22-12-10-9-11-13-22/h8-15H,1,16-17H2,2-7H3. The number of carbonyl (C=O) groups is 2. The second kappa shape index (κ2) is 12.2. The van der Waals surface area contributed by atoms with Crippen molar-refractivity contribution in [1.82, 2.24) is 0 Å². The van der Waals surface area contributed by atoms with Gasteiger partial charge in [-0.15, -0.1) is 0 Å². The predicted octanol–water partition coefficient (Wildman–Crippen LogP) is 6.13. The van der Waals surface area contributed by atoms with Crippen LogP contribution in [0.3, 0.4) is 0 Å². The second-order valence-electron chi connectivity index (χ2n) is 8.52. The molecule has 0 aliphatic heterocycles. The van der Waals surface area contributed by atoms with Crippen molar-refractivity contribution < 1.29 is 33.3 Å². The number of carbonyl (C=O) groups excluding carboxylic acids is 2. The van der Waals surface area contributed by atoms with Gasteiger partial charge >= 0.3 is 11.9 Å². The highest BCUT2D eigenvalue weighted by molar-refractivity contribution is 5.99. The first-order valence-corrected chi connectivity index (χ1v) is 11.7. The van der Waals surface area contributed by atoms with Crippen molar-refractivity contribution >= 4 is 18.0 Å². The van der Waals surface area contributed by atoms with Gasteiger partial charge in [-0.25, -0.2) is 9.59 Å². The van der Waals surface area contributed by atoms with Crippen molar-refractivity contribution in [2.75, 3.05) is 21.0 Å². The van der Waals surface area contributed by atoms with E-state index in [0.717, 1.165) is 5.56 Å². The third kappa shape index (κ3) is 6.01. The zero-order chi connectivity index (χ0) is 27.1. The zero-order valence-corrected chi connectivity index (χ0v) is 22.1. The Hall–Kier alpha value is -4.10. The maximum atomic E-state index is 13.4. The lowest BCUT2D eigenvalue weighted by molar-refractivity contribution is -0.0126. The summed E-state index contributed by atoms with van der Waals surface area (Å²) in [6.07, 6.45) is 1.55. The Bertz CT molecular complexity index is 1310. The number of aryl methyl sites for hydroxylation is 1. The summed E-state index contributed by atoms with van der Waals surface area (Å²) < 4.78 is 27.4. The number of methoxy groups -OCH3 is 2. The van der Waals surface area contributed by atoms with Gasteiger partial charge in [-0.2, -0.15) is 0 Å². The van der Waals surface area contributed by atoms with Crippen LogP contribution in [0, 0.1) is 27.7 Å². The van der Waals surface area contributed by atoms with Crippen LogP contribution in [-0.2, 0) is 16.1 Å². The van der Waals surface area contributed by atoms with Crippen LogP contribution >= 0.6 is 0 Å². The van der Waals surface area contributed by atoms with Crippen LogP contribution in [0.4, 0.5) is 0 Å². The highest BCUT2D eigenvalue weighted by atomic mass is 16.7. The summed E-state index contributed by atoms with van der Waals surface area (Å²) in [5.41, 5.74) is 4.69. The smallest absolute Gasteiger partial charge is 0.347 e. The number of ether oxygens (including phenoxy) is 5. The van der Waals surface area contributed by atoms with Crippen molar-refractivity contribution in [3.63, 3.8) is 0 Å². The predicted molar refractivity (Wildman–Crippen MR) is 141 cm³/mol. The summed E-state index contributed by atoms with van der Waals surface area (Å²) >= 11 is 0. The summed E-state index contributed by atoms with van der Waals surface area (Å²) in [6.45, 7) is 11.2. The zero-order valence-electron chi connectivity index (χ0n) is 22.1. The third-order valence-electron chi connectivity index (χ3n) is 6.15. The first kappa shape index (κ1) is 27.5. The van der Waals surface area contributed by atoms with Crippen LogP contribution in [0.1, 0.15) is 54.1 Å². The molecule has 0 N–H and O–H groups in total. The molecule has 0 unspecified atom stereocenters. The molecule has 0 saturated carbocycles. The van der Waals surface area contributed by atoms with Gasteiger partial charge in [-0.3, -0.25) is 0 Å². The van der Waals surface area contributed by atoms with Crippen molar-refractivity contribution in [3.05, 3.63) is 93.6 Å². The normalized spacial score (nSPS) is 10.5. The molecule has 0 heterocycles. The fourth-order valence-corrected chi connectivity index (χ4v) is 4.12. The van der Waals surface area contributed by atoms with E-state index in [1.807, 2.05) is 30.3 Å². The molecule has 7 heteroatoms. The first-order valence-electron chi connectivity index (χ1n) is 11.7. The highest BCUT2D eigenvalue weighted by Crippen LogP contribution is 2.36. The fourth-order valence-electron chi connectivity index (χ4n) is 4.12. The molecule has 194 valence electrons. The van der Waals surface area contributed by atoms with E-state index in [-0.39, 0.29) is 12.4 Å². The lowest BCUT2D eigenvalue weighted by Gasteiger charge is -2.20. The van der Waals surface area contributed by atoms with Crippen molar-refractivity contribution in [2.45, 2.75) is 34.3 Å². The van der Waals surface area contributed by atoms with E-state index in [1.54, 1.807) is 45.9 Å². The molecular weight excluding hydrogens is 472 g/mol. The summed E-state index contributed by atoms with van der Waals surface area (Å²) in [5.74, 6) is 0.141. The molecule has 7 nitrogen and oxygen atoms in total. The SMILES string of the molecule is C=Cc1c(C)c(OC(=O)c2c(C)cc(OCc3ccccc3)cc2OC)c(C)c(C)c1C(=O)OCOC. The van der Waals surface area contributed by atoms with Gasteiger partial charge in [-0.1, -0.05) is 43.0 Å². The average molecular weight is 505 g/mol. The Kier molecular flexibility index (Phi) is 9.09. The molecule has 0 bridgehead atoms. The Morgan fingerprint density at radius 3 is 2.22 bits per heavy atom. The number of benzene rings is 3. The quantitative estimate of drug-likeness (QED) is 0.187. The van der Waals surface area contributed by atoms with Gasteiger partial charge in [0.15, 0.2) is 6.79 Å². The Morgan fingerprint density at radius 1 is 0.892 bits per heavy atom. The molecular formula is C30H32O7. The van der Waals surface area contributed by atoms with E-state index in [0.29, 0.717) is 57.2 Å². The minimum Gasteiger partial charge on any atom is -0.496 e. The van der Waals surface area contributed by atoms with E-state index in [1.165, 1.54) is 14.2 Å². The Balaban J connectivity index is 1.94. The van der Waals surface area contributed by atoms with E-state index in [9.17, 15) is 9.59 Å². The molecule has 0 aliphatic rings. The fraction of sp³-hybridized carbons (Fsp3) is 0.267. The number of hydrogen-bond donors (Lipinski definition) is 0. The average Bonchev–Trinajstić information content (AvgIpc) is 2.90. The monoisotopic (exact) mass is 504 g/mol. The van der Waals surface area contributed by atoms with Crippen molar-refractivity contribution in [1.29, 1.82) is 0 Å². The Labute approximate surface area is 217 Å². The van der Waals surface area contributed by atoms with Crippen LogP contribution in [-0.4, -0.2) is 33.0 Å². The molecule has 0 amide bonds. The minimum absolute atomic E-state index is 0.173. The van der Waals surface area contributed by atoms with Crippen molar-refractivity contribution in [2.24, 2.45) is 0 Å². The summed E-state index contributed by atoms with van der Waals surface area (Å²) in [5, 5.41) is 0. The van der Waals surface area contributed by atoms with Crippen LogP contribution in [0.2, 0.25) is 0 Å². The van der Waals surface area contributed by atoms with Gasteiger partial charge in [0.05, 0.1) is 12.7 Å². The largest absolute Gasteiger partial charge is 0.496 e.